The van der Waals surface area contributed by atoms with E-state index in [9.17, 15) is 4.79 Å². The maximum absolute atomic E-state index is 10.9. The number of nitriles is 1. The Morgan fingerprint density at radius 2 is 2.21 bits per heavy atom. The molecule has 0 atom stereocenters. The van der Waals surface area contributed by atoms with E-state index in [0.29, 0.717) is 0 Å². The van der Waals surface area contributed by atoms with Crippen LogP contribution in [0.1, 0.15) is 5.56 Å². The molecular formula is C10H7BrN2O. The van der Waals surface area contributed by atoms with Gasteiger partial charge in [0.05, 0.1) is 0 Å². The van der Waals surface area contributed by atoms with E-state index in [4.69, 9.17) is 5.26 Å². The predicted octanol–water partition coefficient (Wildman–Crippen LogP) is 2.06. The monoisotopic (exact) mass is 250 g/mol. The summed E-state index contributed by atoms with van der Waals surface area (Å²) in [5.74, 6) is -0.428. The number of hydrogen-bond donors (Lipinski definition) is 1. The third-order valence-electron chi connectivity index (χ3n) is 1.50. The second-order valence-electron chi connectivity index (χ2n) is 2.46. The van der Waals surface area contributed by atoms with Crippen LogP contribution >= 0.6 is 15.9 Å². The highest BCUT2D eigenvalue weighted by molar-refractivity contribution is 9.10. The van der Waals surface area contributed by atoms with Crippen LogP contribution in [0.15, 0.2) is 34.8 Å². The first-order valence-corrected chi connectivity index (χ1v) is 4.65. The highest BCUT2D eigenvalue weighted by Crippen LogP contribution is 2.16. The van der Waals surface area contributed by atoms with Gasteiger partial charge in [0.25, 0.3) is 5.91 Å². The van der Waals surface area contributed by atoms with Gasteiger partial charge < -0.3 is 0 Å². The molecule has 0 bridgehead atoms. The van der Waals surface area contributed by atoms with Crippen LogP contribution < -0.4 is 5.32 Å². The molecule has 0 aliphatic carbocycles. The van der Waals surface area contributed by atoms with Gasteiger partial charge >= 0.3 is 0 Å². The quantitative estimate of drug-likeness (QED) is 0.497. The zero-order valence-electron chi connectivity index (χ0n) is 7.20. The Labute approximate surface area is 90.2 Å². The maximum atomic E-state index is 10.9. The summed E-state index contributed by atoms with van der Waals surface area (Å²) in [4.78, 5) is 10.9. The minimum atomic E-state index is -0.428. The van der Waals surface area contributed by atoms with Crippen molar-refractivity contribution < 1.29 is 4.79 Å². The fourth-order valence-corrected chi connectivity index (χ4v) is 1.29. The van der Waals surface area contributed by atoms with Crippen LogP contribution in [-0.2, 0) is 4.79 Å². The zero-order valence-corrected chi connectivity index (χ0v) is 8.78. The van der Waals surface area contributed by atoms with Crippen molar-refractivity contribution in [3.63, 3.8) is 0 Å². The molecule has 1 amide bonds. The average molecular weight is 251 g/mol. The van der Waals surface area contributed by atoms with Crippen molar-refractivity contribution in [1.29, 1.82) is 5.26 Å². The lowest BCUT2D eigenvalue weighted by atomic mass is 10.2. The minimum Gasteiger partial charge on any atom is -0.269 e. The van der Waals surface area contributed by atoms with E-state index >= 15 is 0 Å². The summed E-state index contributed by atoms with van der Waals surface area (Å²) >= 11 is 3.34. The molecule has 0 spiro atoms. The average Bonchev–Trinajstić information content (AvgIpc) is 2.17. The molecule has 0 radical (unpaired) electrons. The van der Waals surface area contributed by atoms with E-state index in [1.807, 2.05) is 29.6 Å². The Morgan fingerprint density at radius 1 is 1.50 bits per heavy atom. The molecule has 1 rings (SSSR count). The van der Waals surface area contributed by atoms with Gasteiger partial charge in [-0.3, -0.25) is 10.1 Å². The maximum Gasteiger partial charge on any atom is 0.256 e. The van der Waals surface area contributed by atoms with Gasteiger partial charge in [0, 0.05) is 10.5 Å². The lowest BCUT2D eigenvalue weighted by molar-refractivity contribution is -0.115. The third-order valence-corrected chi connectivity index (χ3v) is 2.22. The molecule has 1 aromatic rings. The van der Waals surface area contributed by atoms with Crippen molar-refractivity contribution in [3.05, 3.63) is 40.4 Å². The van der Waals surface area contributed by atoms with Gasteiger partial charge in [0.15, 0.2) is 6.19 Å². The highest BCUT2D eigenvalue weighted by atomic mass is 79.9. The normalized spacial score (nSPS) is 9.71. The van der Waals surface area contributed by atoms with Crippen molar-refractivity contribution in [3.8, 4) is 6.19 Å². The SMILES string of the molecule is N#CNC(=O)/C=C/c1ccccc1Br. The third kappa shape index (κ3) is 3.04. The molecule has 4 heteroatoms. The summed E-state index contributed by atoms with van der Waals surface area (Å²) in [7, 11) is 0. The fraction of sp³-hybridized carbons (Fsp3) is 0. The number of amides is 1. The number of halogens is 1. The van der Waals surface area contributed by atoms with Gasteiger partial charge in [-0.05, 0) is 17.7 Å². The molecule has 1 N–H and O–H groups in total. The van der Waals surface area contributed by atoms with E-state index in [0.717, 1.165) is 10.0 Å². The van der Waals surface area contributed by atoms with Gasteiger partial charge in [0.2, 0.25) is 0 Å². The van der Waals surface area contributed by atoms with Crippen LogP contribution in [-0.4, -0.2) is 5.91 Å². The second kappa shape index (κ2) is 5.20. The summed E-state index contributed by atoms with van der Waals surface area (Å²) in [5.41, 5.74) is 0.889. The smallest absolute Gasteiger partial charge is 0.256 e. The van der Waals surface area contributed by atoms with E-state index in [1.54, 1.807) is 12.3 Å². The Bertz CT molecular complexity index is 407. The predicted molar refractivity (Wildman–Crippen MR) is 56.9 cm³/mol. The molecule has 0 fully saturated rings. The van der Waals surface area contributed by atoms with E-state index in [2.05, 4.69) is 15.9 Å². The summed E-state index contributed by atoms with van der Waals surface area (Å²) in [6.07, 6.45) is 4.50. The van der Waals surface area contributed by atoms with Crippen molar-refractivity contribution >= 4 is 27.9 Å². The Balaban J connectivity index is 2.75. The molecular weight excluding hydrogens is 244 g/mol. The molecule has 14 heavy (non-hydrogen) atoms. The first kappa shape index (κ1) is 10.5. The number of hydrogen-bond acceptors (Lipinski definition) is 2. The molecule has 0 aromatic heterocycles. The topological polar surface area (TPSA) is 52.9 Å². The lowest BCUT2D eigenvalue weighted by Crippen LogP contribution is -2.13. The van der Waals surface area contributed by atoms with Crippen LogP contribution in [0.4, 0.5) is 0 Å². The molecule has 3 nitrogen and oxygen atoms in total. The van der Waals surface area contributed by atoms with Crippen LogP contribution in [0.5, 0.6) is 0 Å². The van der Waals surface area contributed by atoms with Gasteiger partial charge in [-0.2, -0.15) is 5.26 Å². The number of nitrogens with zero attached hydrogens (tertiary/aromatic N) is 1. The first-order chi connectivity index (χ1) is 6.74. The standard InChI is InChI=1S/C10H7BrN2O/c11-9-4-2-1-3-8(9)5-6-10(14)13-7-12/h1-6H,(H,13,14)/b6-5+. The largest absolute Gasteiger partial charge is 0.269 e. The van der Waals surface area contributed by atoms with Crippen LogP contribution in [0, 0.1) is 11.5 Å². The van der Waals surface area contributed by atoms with E-state index in [-0.39, 0.29) is 0 Å². The van der Waals surface area contributed by atoms with Gasteiger partial charge in [-0.1, -0.05) is 34.1 Å². The van der Waals surface area contributed by atoms with Crippen LogP contribution in [0.3, 0.4) is 0 Å². The second-order valence-corrected chi connectivity index (χ2v) is 3.31. The van der Waals surface area contributed by atoms with Crippen molar-refractivity contribution in [1.82, 2.24) is 5.32 Å². The van der Waals surface area contributed by atoms with Crippen molar-refractivity contribution in [2.24, 2.45) is 0 Å². The van der Waals surface area contributed by atoms with Crippen LogP contribution in [0.25, 0.3) is 6.08 Å². The number of carbonyl (C=O) groups is 1. The van der Waals surface area contributed by atoms with Gasteiger partial charge in [-0.15, -0.1) is 0 Å². The lowest BCUT2D eigenvalue weighted by Gasteiger charge is -1.95. The number of nitrogens with one attached hydrogen (secondary N) is 1. The van der Waals surface area contributed by atoms with E-state index in [1.165, 1.54) is 6.08 Å². The molecule has 70 valence electrons. The summed E-state index contributed by atoms with van der Waals surface area (Å²) in [5, 5.41) is 10.2. The van der Waals surface area contributed by atoms with Crippen molar-refractivity contribution in [2.45, 2.75) is 0 Å². The molecule has 0 saturated carbocycles. The Hall–Kier alpha value is -1.60. The molecule has 0 unspecified atom stereocenters. The zero-order chi connectivity index (χ0) is 10.4. The Kier molecular flexibility index (Phi) is 3.89. The van der Waals surface area contributed by atoms with Crippen LogP contribution in [0.2, 0.25) is 0 Å². The van der Waals surface area contributed by atoms with Crippen molar-refractivity contribution in [2.75, 3.05) is 0 Å². The highest BCUT2D eigenvalue weighted by Gasteiger charge is 1.95. The number of carbonyl (C=O) groups excluding carboxylic acids is 1. The molecule has 0 aliphatic heterocycles. The fourth-order valence-electron chi connectivity index (χ4n) is 0.872. The first-order valence-electron chi connectivity index (χ1n) is 3.85. The number of benzene rings is 1. The molecule has 0 heterocycles. The van der Waals surface area contributed by atoms with Gasteiger partial charge in [0.1, 0.15) is 0 Å². The van der Waals surface area contributed by atoms with E-state index < -0.39 is 5.91 Å². The summed E-state index contributed by atoms with van der Waals surface area (Å²) in [6, 6.07) is 7.49. The minimum absolute atomic E-state index is 0.428. The Morgan fingerprint density at radius 3 is 2.86 bits per heavy atom. The molecule has 1 aromatic carbocycles. The summed E-state index contributed by atoms with van der Waals surface area (Å²) < 4.78 is 0.904. The molecule has 0 aliphatic rings. The van der Waals surface area contributed by atoms with Gasteiger partial charge in [-0.25, -0.2) is 0 Å². The molecule has 0 saturated heterocycles. The number of rotatable bonds is 2. The summed E-state index contributed by atoms with van der Waals surface area (Å²) in [6.45, 7) is 0.